The van der Waals surface area contributed by atoms with E-state index >= 15 is 0 Å². The first-order valence-electron chi connectivity index (χ1n) is 8.56. The molecule has 0 aliphatic carbocycles. The lowest BCUT2D eigenvalue weighted by Gasteiger charge is -2.31. The second kappa shape index (κ2) is 7.74. The van der Waals surface area contributed by atoms with Crippen LogP contribution in [0.2, 0.25) is 0 Å². The minimum absolute atomic E-state index is 0.0266. The first kappa shape index (κ1) is 17.5. The van der Waals surface area contributed by atoms with Gasteiger partial charge in [-0.3, -0.25) is 9.59 Å². The Hall–Kier alpha value is -2.28. The van der Waals surface area contributed by atoms with Gasteiger partial charge in [0, 0.05) is 24.6 Å². The van der Waals surface area contributed by atoms with Gasteiger partial charge in [-0.25, -0.2) is 0 Å². The molecule has 2 aromatic rings. The molecule has 2 heterocycles. The van der Waals surface area contributed by atoms with Crippen molar-refractivity contribution in [1.82, 2.24) is 15.1 Å². The number of hydrogen-bond donors (Lipinski definition) is 1. The van der Waals surface area contributed by atoms with Gasteiger partial charge in [0.1, 0.15) is 5.01 Å². The molecular weight excluding hydrogens is 336 g/mol. The number of hydrogen-bond acceptors (Lipinski definition) is 5. The van der Waals surface area contributed by atoms with Crippen molar-refractivity contribution in [3.05, 3.63) is 40.4 Å². The van der Waals surface area contributed by atoms with E-state index in [1.807, 2.05) is 43.0 Å². The van der Waals surface area contributed by atoms with Crippen LogP contribution in [0.3, 0.4) is 0 Å². The molecule has 0 atom stereocenters. The van der Waals surface area contributed by atoms with Gasteiger partial charge in [0.2, 0.25) is 11.0 Å². The number of piperidine rings is 1. The second-order valence-electron chi connectivity index (χ2n) is 6.28. The molecule has 1 aromatic carbocycles. The summed E-state index contributed by atoms with van der Waals surface area (Å²) in [5.74, 6) is -0.0761. The highest BCUT2D eigenvalue weighted by molar-refractivity contribution is 7.15. The Bertz CT molecular complexity index is 749. The maximum absolute atomic E-state index is 12.5. The molecule has 0 spiro atoms. The Morgan fingerprint density at radius 2 is 1.88 bits per heavy atom. The first-order chi connectivity index (χ1) is 12.1. The SMILES string of the molecule is CCc1nnc(NC(=O)C2CCN(C(=O)c3ccc(C)cc3)CC2)s1. The van der Waals surface area contributed by atoms with Gasteiger partial charge in [0.15, 0.2) is 0 Å². The molecule has 1 aliphatic rings. The highest BCUT2D eigenvalue weighted by atomic mass is 32.1. The normalized spacial score (nSPS) is 15.2. The van der Waals surface area contributed by atoms with Crippen LogP contribution in [0.25, 0.3) is 0 Å². The summed E-state index contributed by atoms with van der Waals surface area (Å²) in [6, 6.07) is 7.61. The molecule has 1 N–H and O–H groups in total. The van der Waals surface area contributed by atoms with Gasteiger partial charge in [0.25, 0.3) is 5.91 Å². The summed E-state index contributed by atoms with van der Waals surface area (Å²) in [4.78, 5) is 26.7. The predicted octanol–water partition coefficient (Wildman–Crippen LogP) is 2.90. The summed E-state index contributed by atoms with van der Waals surface area (Å²) in [7, 11) is 0. The van der Waals surface area contributed by atoms with E-state index in [9.17, 15) is 9.59 Å². The molecule has 0 bridgehead atoms. The minimum atomic E-state index is -0.0870. The highest BCUT2D eigenvalue weighted by Gasteiger charge is 2.28. The van der Waals surface area contributed by atoms with E-state index < -0.39 is 0 Å². The zero-order chi connectivity index (χ0) is 17.8. The van der Waals surface area contributed by atoms with E-state index in [0.717, 1.165) is 17.0 Å². The number of likely N-dealkylation sites (tertiary alicyclic amines) is 1. The highest BCUT2D eigenvalue weighted by Crippen LogP contribution is 2.22. The number of aryl methyl sites for hydroxylation is 2. The van der Waals surface area contributed by atoms with E-state index in [4.69, 9.17) is 0 Å². The van der Waals surface area contributed by atoms with Crippen molar-refractivity contribution in [2.75, 3.05) is 18.4 Å². The van der Waals surface area contributed by atoms with Gasteiger partial charge in [-0.2, -0.15) is 0 Å². The average Bonchev–Trinajstić information content (AvgIpc) is 3.09. The van der Waals surface area contributed by atoms with Gasteiger partial charge in [-0.05, 0) is 38.3 Å². The van der Waals surface area contributed by atoms with E-state index in [2.05, 4.69) is 15.5 Å². The summed E-state index contributed by atoms with van der Waals surface area (Å²) in [6.45, 7) is 5.20. The van der Waals surface area contributed by atoms with Crippen molar-refractivity contribution < 1.29 is 9.59 Å². The average molecular weight is 358 g/mol. The third-order valence-corrected chi connectivity index (χ3v) is 5.43. The van der Waals surface area contributed by atoms with Crippen LogP contribution in [0, 0.1) is 12.8 Å². The van der Waals surface area contributed by atoms with Crippen LogP contribution in [0.1, 0.15) is 40.7 Å². The maximum atomic E-state index is 12.5. The number of anilines is 1. The van der Waals surface area contributed by atoms with Gasteiger partial charge in [0.05, 0.1) is 0 Å². The molecule has 1 fully saturated rings. The van der Waals surface area contributed by atoms with Crippen LogP contribution in [0.15, 0.2) is 24.3 Å². The predicted molar refractivity (Wildman–Crippen MR) is 97.7 cm³/mol. The zero-order valence-corrected chi connectivity index (χ0v) is 15.3. The van der Waals surface area contributed by atoms with E-state index in [1.54, 1.807) is 0 Å². The molecule has 0 radical (unpaired) electrons. The lowest BCUT2D eigenvalue weighted by atomic mass is 9.95. The molecule has 132 valence electrons. The number of carbonyl (C=O) groups is 2. The van der Waals surface area contributed by atoms with Crippen LogP contribution in [-0.4, -0.2) is 40.0 Å². The van der Waals surface area contributed by atoms with Crippen LogP contribution < -0.4 is 5.32 Å². The molecule has 2 amide bonds. The fraction of sp³-hybridized carbons (Fsp3) is 0.444. The number of benzene rings is 1. The maximum Gasteiger partial charge on any atom is 0.253 e. The largest absolute Gasteiger partial charge is 0.339 e. The molecule has 0 saturated carbocycles. The monoisotopic (exact) mass is 358 g/mol. The van der Waals surface area contributed by atoms with Gasteiger partial charge in [-0.1, -0.05) is 36.0 Å². The quantitative estimate of drug-likeness (QED) is 0.912. The smallest absolute Gasteiger partial charge is 0.253 e. The fourth-order valence-corrected chi connectivity index (χ4v) is 3.56. The summed E-state index contributed by atoms with van der Waals surface area (Å²) >= 11 is 1.41. The van der Waals surface area contributed by atoms with Crippen LogP contribution in [0.4, 0.5) is 5.13 Å². The van der Waals surface area contributed by atoms with Crippen molar-refractivity contribution in [3.8, 4) is 0 Å². The van der Waals surface area contributed by atoms with E-state index in [1.165, 1.54) is 11.3 Å². The van der Waals surface area contributed by atoms with E-state index in [-0.39, 0.29) is 17.7 Å². The number of amides is 2. The van der Waals surface area contributed by atoms with Crippen molar-refractivity contribution in [2.45, 2.75) is 33.1 Å². The summed E-state index contributed by atoms with van der Waals surface area (Å²) in [5.41, 5.74) is 1.84. The Kier molecular flexibility index (Phi) is 5.43. The fourth-order valence-electron chi connectivity index (χ4n) is 2.88. The molecule has 1 aliphatic heterocycles. The first-order valence-corrected chi connectivity index (χ1v) is 9.37. The summed E-state index contributed by atoms with van der Waals surface area (Å²) in [6.07, 6.45) is 2.15. The second-order valence-corrected chi connectivity index (χ2v) is 7.34. The number of nitrogens with one attached hydrogen (secondary N) is 1. The van der Waals surface area contributed by atoms with Crippen molar-refractivity contribution >= 4 is 28.3 Å². The summed E-state index contributed by atoms with van der Waals surface area (Å²) < 4.78 is 0. The van der Waals surface area contributed by atoms with Gasteiger partial charge >= 0.3 is 0 Å². The standard InChI is InChI=1S/C18H22N4O2S/c1-3-15-20-21-18(25-15)19-16(23)13-8-10-22(11-9-13)17(24)14-6-4-12(2)5-7-14/h4-7,13H,3,8-11H2,1-2H3,(H,19,21,23). The zero-order valence-electron chi connectivity index (χ0n) is 14.5. The molecule has 6 nitrogen and oxygen atoms in total. The lowest BCUT2D eigenvalue weighted by Crippen LogP contribution is -2.41. The summed E-state index contributed by atoms with van der Waals surface area (Å²) in [5, 5.41) is 12.3. The lowest BCUT2D eigenvalue weighted by molar-refractivity contribution is -0.121. The molecule has 7 heteroatoms. The van der Waals surface area contributed by atoms with Crippen LogP contribution in [-0.2, 0) is 11.2 Å². The topological polar surface area (TPSA) is 75.2 Å². The van der Waals surface area contributed by atoms with Crippen LogP contribution >= 0.6 is 11.3 Å². The van der Waals surface area contributed by atoms with E-state index in [0.29, 0.717) is 36.6 Å². The molecule has 3 rings (SSSR count). The minimum Gasteiger partial charge on any atom is -0.339 e. The Balaban J connectivity index is 1.53. The molecule has 25 heavy (non-hydrogen) atoms. The number of nitrogens with zero attached hydrogens (tertiary/aromatic N) is 3. The van der Waals surface area contributed by atoms with Gasteiger partial charge < -0.3 is 10.2 Å². The number of rotatable bonds is 4. The Labute approximate surface area is 151 Å². The van der Waals surface area contributed by atoms with Crippen molar-refractivity contribution in [2.24, 2.45) is 5.92 Å². The molecule has 0 unspecified atom stereocenters. The van der Waals surface area contributed by atoms with Crippen molar-refractivity contribution in [1.29, 1.82) is 0 Å². The third-order valence-electron chi connectivity index (χ3n) is 4.45. The third kappa shape index (κ3) is 4.22. The number of carbonyl (C=O) groups excluding carboxylic acids is 2. The molecule has 1 saturated heterocycles. The Morgan fingerprint density at radius 1 is 1.20 bits per heavy atom. The van der Waals surface area contributed by atoms with Crippen LogP contribution in [0.5, 0.6) is 0 Å². The molecular formula is C18H22N4O2S. The van der Waals surface area contributed by atoms with Gasteiger partial charge in [-0.15, -0.1) is 10.2 Å². The molecule has 1 aromatic heterocycles. The Morgan fingerprint density at radius 3 is 2.48 bits per heavy atom. The van der Waals surface area contributed by atoms with Crippen molar-refractivity contribution in [3.63, 3.8) is 0 Å². The number of aromatic nitrogens is 2.